The van der Waals surface area contributed by atoms with Gasteiger partial charge in [-0.3, -0.25) is 0 Å². The van der Waals surface area contributed by atoms with Crippen molar-refractivity contribution in [2.45, 2.75) is 39.2 Å². The highest BCUT2D eigenvalue weighted by Crippen LogP contribution is 2.37. The van der Waals surface area contributed by atoms with Crippen LogP contribution in [0, 0.1) is 0 Å². The van der Waals surface area contributed by atoms with Crippen molar-refractivity contribution in [3.05, 3.63) is 155 Å². The van der Waals surface area contributed by atoms with E-state index in [0.29, 0.717) is 6.04 Å². The summed E-state index contributed by atoms with van der Waals surface area (Å²) in [4.78, 5) is 2.64. The molecule has 39 heavy (non-hydrogen) atoms. The molecule has 0 saturated carbocycles. The number of nitrogens with one attached hydrogen (secondary N) is 1. The number of anilines is 1. The number of benzene rings is 3. The fourth-order valence-electron chi connectivity index (χ4n) is 6.02. The van der Waals surface area contributed by atoms with Crippen LogP contribution in [0.5, 0.6) is 0 Å². The van der Waals surface area contributed by atoms with Gasteiger partial charge in [0.25, 0.3) is 0 Å². The first-order valence-electron chi connectivity index (χ1n) is 14.1. The Morgan fingerprint density at radius 1 is 0.744 bits per heavy atom. The number of allylic oxidation sites excluding steroid dienone is 7. The molecule has 1 heterocycles. The summed E-state index contributed by atoms with van der Waals surface area (Å²) >= 11 is 0. The first-order chi connectivity index (χ1) is 19.2. The van der Waals surface area contributed by atoms with Gasteiger partial charge in [-0.15, -0.1) is 0 Å². The molecule has 0 fully saturated rings. The van der Waals surface area contributed by atoms with E-state index in [-0.39, 0.29) is 0 Å². The van der Waals surface area contributed by atoms with Crippen LogP contribution in [-0.4, -0.2) is 17.5 Å². The highest BCUT2D eigenvalue weighted by atomic mass is 15.2. The van der Waals surface area contributed by atoms with E-state index in [1.54, 1.807) is 0 Å². The van der Waals surface area contributed by atoms with Crippen LogP contribution in [0.2, 0.25) is 0 Å². The molecule has 0 spiro atoms. The van der Waals surface area contributed by atoms with Gasteiger partial charge in [-0.2, -0.15) is 0 Å². The SMILES string of the molecule is CC1=CCN(C2=CC=C(c3ccccc3)CC2)C2CC=CC(Nc3ccc(-c4ccccc4)cc3)=C2C(C)=C1. The van der Waals surface area contributed by atoms with E-state index in [9.17, 15) is 0 Å². The van der Waals surface area contributed by atoms with Crippen molar-refractivity contribution in [1.29, 1.82) is 0 Å². The van der Waals surface area contributed by atoms with E-state index in [0.717, 1.165) is 31.5 Å². The summed E-state index contributed by atoms with van der Waals surface area (Å²) in [6, 6.07) is 30.5. The average Bonchev–Trinajstić information content (AvgIpc) is 2.98. The highest BCUT2D eigenvalue weighted by Gasteiger charge is 2.30. The van der Waals surface area contributed by atoms with Gasteiger partial charge in [-0.05, 0) is 85.2 Å². The maximum Gasteiger partial charge on any atom is 0.0600 e. The fourth-order valence-corrected chi connectivity index (χ4v) is 6.02. The molecule has 3 aromatic carbocycles. The Hall–Kier alpha value is -4.30. The molecule has 3 aliphatic rings. The van der Waals surface area contributed by atoms with Crippen LogP contribution in [-0.2, 0) is 0 Å². The normalized spacial score (nSPS) is 19.2. The third-order valence-corrected chi connectivity index (χ3v) is 8.03. The van der Waals surface area contributed by atoms with Crippen molar-refractivity contribution in [3.63, 3.8) is 0 Å². The molecule has 0 radical (unpaired) electrons. The molecule has 6 rings (SSSR count). The van der Waals surface area contributed by atoms with Gasteiger partial charge in [0, 0.05) is 29.2 Å². The first-order valence-corrected chi connectivity index (χ1v) is 14.1. The zero-order valence-corrected chi connectivity index (χ0v) is 22.9. The van der Waals surface area contributed by atoms with Crippen LogP contribution >= 0.6 is 0 Å². The van der Waals surface area contributed by atoms with Crippen LogP contribution in [0.3, 0.4) is 0 Å². The van der Waals surface area contributed by atoms with E-state index in [2.05, 4.69) is 145 Å². The number of hydrogen-bond acceptors (Lipinski definition) is 2. The highest BCUT2D eigenvalue weighted by molar-refractivity contribution is 5.69. The Balaban J connectivity index is 1.32. The first kappa shape index (κ1) is 25.0. The summed E-state index contributed by atoms with van der Waals surface area (Å²) in [5.74, 6) is 0. The van der Waals surface area contributed by atoms with Gasteiger partial charge in [0.05, 0.1) is 6.04 Å². The molecular formula is C37H36N2. The minimum absolute atomic E-state index is 0.305. The van der Waals surface area contributed by atoms with Gasteiger partial charge in [-0.25, -0.2) is 0 Å². The second-order valence-corrected chi connectivity index (χ2v) is 10.7. The van der Waals surface area contributed by atoms with E-state index >= 15 is 0 Å². The molecule has 0 bridgehead atoms. The number of hydrogen-bond donors (Lipinski definition) is 1. The Labute approximate surface area is 233 Å². The van der Waals surface area contributed by atoms with E-state index in [4.69, 9.17) is 0 Å². The lowest BCUT2D eigenvalue weighted by molar-refractivity contribution is 0.297. The molecule has 0 aromatic heterocycles. The largest absolute Gasteiger partial charge is 0.364 e. The minimum atomic E-state index is 0.305. The molecule has 1 aliphatic heterocycles. The Bertz CT molecular complexity index is 1510. The molecule has 0 amide bonds. The summed E-state index contributed by atoms with van der Waals surface area (Å²) in [5.41, 5.74) is 13.0. The molecule has 1 atom stereocenters. The second kappa shape index (κ2) is 11.2. The predicted molar refractivity (Wildman–Crippen MR) is 166 cm³/mol. The minimum Gasteiger partial charge on any atom is -0.364 e. The van der Waals surface area contributed by atoms with Gasteiger partial charge in [-0.1, -0.05) is 103 Å². The van der Waals surface area contributed by atoms with E-state index in [1.165, 1.54) is 50.4 Å². The standard InChI is InChI=1S/C37H36N2/c1-27-24-25-39(34-22-18-32(19-23-34)30-12-7-4-8-13-30)36-15-9-14-35(37(36)28(2)26-27)38-33-20-16-31(17-21-33)29-10-5-3-6-11-29/h3-14,16-18,20-22,24,26,36,38H,15,19,23,25H2,1-2H3. The van der Waals surface area contributed by atoms with Gasteiger partial charge >= 0.3 is 0 Å². The van der Waals surface area contributed by atoms with Gasteiger partial charge in [0.1, 0.15) is 0 Å². The van der Waals surface area contributed by atoms with Crippen LogP contribution in [0.4, 0.5) is 5.69 Å². The van der Waals surface area contributed by atoms with Gasteiger partial charge < -0.3 is 10.2 Å². The Morgan fingerprint density at radius 2 is 1.44 bits per heavy atom. The molecular weight excluding hydrogens is 472 g/mol. The Kier molecular flexibility index (Phi) is 7.19. The lowest BCUT2D eigenvalue weighted by Gasteiger charge is -2.40. The predicted octanol–water partition coefficient (Wildman–Crippen LogP) is 9.32. The van der Waals surface area contributed by atoms with Crippen LogP contribution in [0.1, 0.15) is 38.7 Å². The van der Waals surface area contributed by atoms with Crippen molar-refractivity contribution >= 4 is 11.3 Å². The van der Waals surface area contributed by atoms with Gasteiger partial charge in [0.2, 0.25) is 0 Å². The van der Waals surface area contributed by atoms with Crippen molar-refractivity contribution in [3.8, 4) is 11.1 Å². The summed E-state index contributed by atoms with van der Waals surface area (Å²) in [6.45, 7) is 5.42. The van der Waals surface area contributed by atoms with Crippen LogP contribution < -0.4 is 5.32 Å². The zero-order chi connectivity index (χ0) is 26.6. The van der Waals surface area contributed by atoms with Crippen LogP contribution in [0.15, 0.2) is 149 Å². The number of fused-ring (bicyclic) bond motifs is 1. The van der Waals surface area contributed by atoms with Crippen LogP contribution in [0.25, 0.3) is 16.7 Å². The summed E-state index contributed by atoms with van der Waals surface area (Å²) in [5, 5.41) is 3.78. The second-order valence-electron chi connectivity index (χ2n) is 10.7. The van der Waals surface area contributed by atoms with E-state index < -0.39 is 0 Å². The monoisotopic (exact) mass is 508 g/mol. The zero-order valence-electron chi connectivity index (χ0n) is 22.9. The third-order valence-electron chi connectivity index (χ3n) is 8.03. The summed E-state index contributed by atoms with van der Waals surface area (Å²) in [7, 11) is 0. The Morgan fingerprint density at radius 3 is 2.13 bits per heavy atom. The topological polar surface area (TPSA) is 15.3 Å². The summed E-state index contributed by atoms with van der Waals surface area (Å²) in [6.07, 6.45) is 17.2. The number of rotatable bonds is 5. The number of nitrogens with zero attached hydrogens (tertiary/aromatic N) is 1. The third kappa shape index (κ3) is 5.47. The molecule has 2 nitrogen and oxygen atoms in total. The van der Waals surface area contributed by atoms with Crippen molar-refractivity contribution in [1.82, 2.24) is 4.90 Å². The fraction of sp³-hybridized carbons (Fsp3) is 0.189. The molecule has 194 valence electrons. The smallest absolute Gasteiger partial charge is 0.0600 e. The van der Waals surface area contributed by atoms with Crippen molar-refractivity contribution in [2.75, 3.05) is 11.9 Å². The quantitative estimate of drug-likeness (QED) is 0.369. The van der Waals surface area contributed by atoms with Crippen molar-refractivity contribution in [2.24, 2.45) is 0 Å². The molecule has 1 N–H and O–H groups in total. The van der Waals surface area contributed by atoms with Gasteiger partial charge in [0.15, 0.2) is 0 Å². The maximum absolute atomic E-state index is 3.78. The molecule has 2 aliphatic carbocycles. The van der Waals surface area contributed by atoms with E-state index in [1.807, 2.05) is 0 Å². The summed E-state index contributed by atoms with van der Waals surface area (Å²) < 4.78 is 0. The molecule has 0 saturated heterocycles. The molecule has 2 heteroatoms. The lowest BCUT2D eigenvalue weighted by Crippen LogP contribution is -2.39. The lowest BCUT2D eigenvalue weighted by atomic mass is 9.86. The molecule has 3 aromatic rings. The van der Waals surface area contributed by atoms with Crippen molar-refractivity contribution < 1.29 is 0 Å². The maximum atomic E-state index is 3.78. The molecule has 1 unspecified atom stereocenters. The average molecular weight is 509 g/mol.